The van der Waals surface area contributed by atoms with E-state index in [4.69, 9.17) is 12.2 Å². The van der Waals surface area contributed by atoms with Gasteiger partial charge in [-0.3, -0.25) is 0 Å². The molecule has 0 spiro atoms. The topological polar surface area (TPSA) is 52.7 Å². The van der Waals surface area contributed by atoms with Gasteiger partial charge in [-0.1, -0.05) is 0 Å². The minimum atomic E-state index is 0.509. The average molecular weight is 154 g/mol. The van der Waals surface area contributed by atoms with Gasteiger partial charge in [0, 0.05) is 18.3 Å². The lowest BCUT2D eigenvalue weighted by atomic mass is 10.3. The zero-order chi connectivity index (χ0) is 6.97. The number of anilines is 1. The normalized spacial score (nSPS) is 14.4. The molecule has 1 aliphatic rings. The van der Waals surface area contributed by atoms with Crippen molar-refractivity contribution in [2.75, 3.05) is 5.43 Å². The highest BCUT2D eigenvalue weighted by Crippen LogP contribution is 2.13. The number of nitrogens with one attached hydrogen (secondary N) is 3. The van der Waals surface area contributed by atoms with Gasteiger partial charge in [0.1, 0.15) is 5.82 Å². The van der Waals surface area contributed by atoms with Gasteiger partial charge in [0.25, 0.3) is 0 Å². The minimum Gasteiger partial charge on any atom is -0.316 e. The lowest BCUT2D eigenvalue weighted by Gasteiger charge is -1.94. The van der Waals surface area contributed by atoms with Crippen molar-refractivity contribution < 1.29 is 0 Å². The van der Waals surface area contributed by atoms with Gasteiger partial charge in [-0.15, -0.1) is 0 Å². The van der Waals surface area contributed by atoms with E-state index in [1.807, 2.05) is 0 Å². The lowest BCUT2D eigenvalue weighted by molar-refractivity contribution is 0.857. The van der Waals surface area contributed by atoms with Crippen molar-refractivity contribution in [2.45, 2.75) is 6.54 Å². The zero-order valence-corrected chi connectivity index (χ0v) is 5.96. The summed E-state index contributed by atoms with van der Waals surface area (Å²) in [7, 11) is 0. The summed E-state index contributed by atoms with van der Waals surface area (Å²) >= 11 is 4.82. The van der Waals surface area contributed by atoms with Crippen molar-refractivity contribution in [2.24, 2.45) is 0 Å². The summed E-state index contributed by atoms with van der Waals surface area (Å²) in [6, 6.07) is 0. The van der Waals surface area contributed by atoms with Crippen LogP contribution in [0, 0.1) is 4.77 Å². The molecule has 0 amide bonds. The number of aromatic amines is 1. The van der Waals surface area contributed by atoms with Crippen LogP contribution in [-0.4, -0.2) is 9.97 Å². The van der Waals surface area contributed by atoms with Crippen LogP contribution in [0.4, 0.5) is 5.82 Å². The van der Waals surface area contributed by atoms with Crippen LogP contribution in [-0.2, 0) is 6.54 Å². The number of hydrogen-bond donors (Lipinski definition) is 3. The van der Waals surface area contributed by atoms with Gasteiger partial charge >= 0.3 is 0 Å². The van der Waals surface area contributed by atoms with Crippen LogP contribution in [0.1, 0.15) is 5.56 Å². The Hall–Kier alpha value is -0.940. The summed E-state index contributed by atoms with van der Waals surface area (Å²) in [5.74, 6) is 0.931. The van der Waals surface area contributed by atoms with Crippen LogP contribution in [0.15, 0.2) is 6.20 Å². The van der Waals surface area contributed by atoms with Gasteiger partial charge in [0.05, 0.1) is 0 Å². The van der Waals surface area contributed by atoms with Gasteiger partial charge in [0.15, 0.2) is 4.77 Å². The van der Waals surface area contributed by atoms with Gasteiger partial charge in [-0.05, 0) is 12.2 Å². The number of fused-ring (bicyclic) bond motifs is 1. The van der Waals surface area contributed by atoms with Crippen LogP contribution < -0.4 is 10.9 Å². The van der Waals surface area contributed by atoms with Crippen molar-refractivity contribution in [1.29, 1.82) is 0 Å². The van der Waals surface area contributed by atoms with E-state index in [0.717, 1.165) is 17.9 Å². The highest BCUT2D eigenvalue weighted by atomic mass is 32.1. The fraction of sp³-hybridized carbons (Fsp3) is 0.200. The molecule has 0 bridgehead atoms. The molecule has 0 aliphatic carbocycles. The number of rotatable bonds is 0. The third-order valence-electron chi connectivity index (χ3n) is 1.38. The third-order valence-corrected chi connectivity index (χ3v) is 1.59. The monoisotopic (exact) mass is 154 g/mol. The molecule has 5 heteroatoms. The summed E-state index contributed by atoms with van der Waals surface area (Å²) in [5, 5.41) is 0. The Bertz CT molecular complexity index is 305. The molecular formula is C5H6N4S. The van der Waals surface area contributed by atoms with E-state index in [0.29, 0.717) is 4.77 Å². The van der Waals surface area contributed by atoms with Crippen LogP contribution in [0.2, 0.25) is 0 Å². The highest BCUT2D eigenvalue weighted by Gasteiger charge is 2.07. The molecule has 0 unspecified atom stereocenters. The van der Waals surface area contributed by atoms with Crippen LogP contribution >= 0.6 is 12.2 Å². The quantitative estimate of drug-likeness (QED) is 0.478. The fourth-order valence-electron chi connectivity index (χ4n) is 0.894. The van der Waals surface area contributed by atoms with Gasteiger partial charge < -0.3 is 10.4 Å². The number of H-pyrrole nitrogens is 1. The molecule has 0 aromatic carbocycles. The minimum absolute atomic E-state index is 0.509. The van der Waals surface area contributed by atoms with Crippen molar-refractivity contribution in [3.05, 3.63) is 16.5 Å². The van der Waals surface area contributed by atoms with Crippen molar-refractivity contribution in [1.82, 2.24) is 15.4 Å². The summed E-state index contributed by atoms with van der Waals surface area (Å²) in [6.45, 7) is 0.800. The maximum absolute atomic E-state index is 4.82. The number of hydrazine groups is 1. The molecule has 3 N–H and O–H groups in total. The van der Waals surface area contributed by atoms with Gasteiger partial charge in [-0.2, -0.15) is 0 Å². The molecular weight excluding hydrogens is 148 g/mol. The Labute approximate surface area is 62.7 Å². The first-order valence-corrected chi connectivity index (χ1v) is 3.34. The highest BCUT2D eigenvalue weighted by molar-refractivity contribution is 7.71. The molecule has 0 radical (unpaired) electrons. The maximum atomic E-state index is 4.82. The summed E-state index contributed by atoms with van der Waals surface area (Å²) < 4.78 is 0.509. The Balaban J connectivity index is 2.63. The Morgan fingerprint density at radius 2 is 2.50 bits per heavy atom. The van der Waals surface area contributed by atoms with Gasteiger partial charge in [0.2, 0.25) is 0 Å². The van der Waals surface area contributed by atoms with E-state index in [-0.39, 0.29) is 0 Å². The molecule has 1 aliphatic heterocycles. The average Bonchev–Trinajstić information content (AvgIpc) is 2.33. The second-order valence-electron chi connectivity index (χ2n) is 2.07. The molecule has 0 atom stereocenters. The second-order valence-corrected chi connectivity index (χ2v) is 2.45. The molecule has 1 aromatic heterocycles. The second kappa shape index (κ2) is 2.03. The first-order chi connectivity index (χ1) is 4.86. The fourth-order valence-corrected chi connectivity index (χ4v) is 1.05. The Morgan fingerprint density at radius 3 is 3.40 bits per heavy atom. The van der Waals surface area contributed by atoms with E-state index in [9.17, 15) is 0 Å². The predicted molar refractivity (Wildman–Crippen MR) is 39.9 cm³/mol. The molecule has 52 valence electrons. The van der Waals surface area contributed by atoms with Gasteiger partial charge in [-0.25, -0.2) is 10.4 Å². The number of nitrogens with zero attached hydrogens (tertiary/aromatic N) is 1. The molecule has 1 aromatic rings. The van der Waals surface area contributed by atoms with Crippen molar-refractivity contribution in [3.8, 4) is 0 Å². The van der Waals surface area contributed by atoms with E-state index in [1.165, 1.54) is 0 Å². The first kappa shape index (κ1) is 5.82. The molecule has 10 heavy (non-hydrogen) atoms. The summed E-state index contributed by atoms with van der Waals surface area (Å²) in [5.41, 5.74) is 7.00. The summed E-state index contributed by atoms with van der Waals surface area (Å²) in [4.78, 5) is 6.85. The Kier molecular flexibility index (Phi) is 1.18. The Morgan fingerprint density at radius 1 is 1.60 bits per heavy atom. The molecule has 2 rings (SSSR count). The SMILES string of the molecule is S=c1ncc2c([nH]1)NNC2. The van der Waals surface area contributed by atoms with Crippen LogP contribution in [0.3, 0.4) is 0 Å². The van der Waals surface area contributed by atoms with E-state index >= 15 is 0 Å². The largest absolute Gasteiger partial charge is 0.316 e. The molecule has 2 heterocycles. The van der Waals surface area contributed by atoms with E-state index in [1.54, 1.807) is 6.20 Å². The molecule has 0 saturated heterocycles. The maximum Gasteiger partial charge on any atom is 0.198 e. The standard InChI is InChI=1S/C5H6N4S/c10-5-6-1-3-2-7-9-4(3)8-5/h1,7H,2H2,(H2,6,8,9,10). The van der Waals surface area contributed by atoms with E-state index in [2.05, 4.69) is 20.8 Å². The zero-order valence-electron chi connectivity index (χ0n) is 5.14. The summed E-state index contributed by atoms with van der Waals surface area (Å²) in [6.07, 6.45) is 1.77. The lowest BCUT2D eigenvalue weighted by Crippen LogP contribution is -2.11. The van der Waals surface area contributed by atoms with E-state index < -0.39 is 0 Å². The number of aromatic nitrogens is 2. The predicted octanol–water partition coefficient (Wildman–Crippen LogP) is 0.569. The number of hydrogen-bond acceptors (Lipinski definition) is 4. The van der Waals surface area contributed by atoms with Crippen LogP contribution in [0.5, 0.6) is 0 Å². The third kappa shape index (κ3) is 0.795. The van der Waals surface area contributed by atoms with Crippen LogP contribution in [0.25, 0.3) is 0 Å². The van der Waals surface area contributed by atoms with Crippen molar-refractivity contribution >= 4 is 18.0 Å². The molecule has 4 nitrogen and oxygen atoms in total. The smallest absolute Gasteiger partial charge is 0.198 e. The molecule has 0 saturated carbocycles. The van der Waals surface area contributed by atoms with Crippen molar-refractivity contribution in [3.63, 3.8) is 0 Å². The molecule has 0 fully saturated rings. The first-order valence-electron chi connectivity index (χ1n) is 2.93.